The summed E-state index contributed by atoms with van der Waals surface area (Å²) in [7, 11) is 1.60. The van der Waals surface area contributed by atoms with Gasteiger partial charge in [0.25, 0.3) is 5.89 Å². The molecule has 0 saturated heterocycles. The highest BCUT2D eigenvalue weighted by Gasteiger charge is 2.24. The van der Waals surface area contributed by atoms with Gasteiger partial charge in [0.15, 0.2) is 11.8 Å². The Bertz CT molecular complexity index is 1270. The molecule has 0 aliphatic carbocycles. The number of nitrogens with zero attached hydrogens (tertiary/aromatic N) is 5. The van der Waals surface area contributed by atoms with Crippen molar-refractivity contribution < 1.29 is 18.7 Å². The highest BCUT2D eigenvalue weighted by molar-refractivity contribution is 6.02. The minimum Gasteiger partial charge on any atom is -0.497 e. The van der Waals surface area contributed by atoms with E-state index in [1.54, 1.807) is 43.1 Å². The number of benzene rings is 1. The molecule has 1 aromatic carbocycles. The molecular formula is C24H27N5O4. The molecule has 3 heterocycles. The van der Waals surface area contributed by atoms with Gasteiger partial charge in [-0.25, -0.2) is 14.5 Å². The van der Waals surface area contributed by atoms with Crippen LogP contribution in [-0.2, 0) is 4.74 Å². The van der Waals surface area contributed by atoms with Crippen LogP contribution in [0.15, 0.2) is 40.9 Å². The molecule has 1 atom stereocenters. The highest BCUT2D eigenvalue weighted by atomic mass is 16.6. The molecule has 0 spiro atoms. The Morgan fingerprint density at radius 3 is 2.42 bits per heavy atom. The lowest BCUT2D eigenvalue weighted by Gasteiger charge is -2.13. The van der Waals surface area contributed by atoms with Crippen molar-refractivity contribution in [2.45, 2.75) is 52.7 Å². The van der Waals surface area contributed by atoms with Gasteiger partial charge in [-0.2, -0.15) is 5.10 Å². The molecule has 0 aliphatic heterocycles. The van der Waals surface area contributed by atoms with Gasteiger partial charge in [-0.1, -0.05) is 13.8 Å². The zero-order valence-corrected chi connectivity index (χ0v) is 19.6. The van der Waals surface area contributed by atoms with Gasteiger partial charge >= 0.3 is 5.97 Å². The number of ether oxygens (including phenoxy) is 2. The SMILES string of the molecule is COc1ccc(-c2nnc(C(C)OC(=O)c3cc(C(C)C)nc4c3cnn4C(C)C)o2)cc1. The van der Waals surface area contributed by atoms with Crippen LogP contribution in [0.1, 0.15) is 74.6 Å². The molecule has 9 heteroatoms. The maximum atomic E-state index is 13.2. The summed E-state index contributed by atoms with van der Waals surface area (Å²) in [5.74, 6) is 0.913. The lowest BCUT2D eigenvalue weighted by Crippen LogP contribution is -2.12. The smallest absolute Gasteiger partial charge is 0.339 e. The average molecular weight is 450 g/mol. The highest BCUT2D eigenvalue weighted by Crippen LogP contribution is 2.28. The number of hydrogen-bond donors (Lipinski definition) is 0. The number of methoxy groups -OCH3 is 1. The van der Waals surface area contributed by atoms with Gasteiger partial charge in [0, 0.05) is 17.3 Å². The zero-order valence-electron chi connectivity index (χ0n) is 19.6. The van der Waals surface area contributed by atoms with Crippen molar-refractivity contribution in [2.24, 2.45) is 0 Å². The summed E-state index contributed by atoms with van der Waals surface area (Å²) < 4.78 is 18.4. The normalized spacial score (nSPS) is 12.5. The minimum atomic E-state index is -0.733. The third-order valence-electron chi connectivity index (χ3n) is 5.30. The molecule has 0 radical (unpaired) electrons. The summed E-state index contributed by atoms with van der Waals surface area (Å²) in [6.45, 7) is 9.79. The third kappa shape index (κ3) is 4.44. The van der Waals surface area contributed by atoms with Crippen molar-refractivity contribution in [1.29, 1.82) is 0 Å². The summed E-state index contributed by atoms with van der Waals surface area (Å²) >= 11 is 0. The number of esters is 1. The van der Waals surface area contributed by atoms with Crippen LogP contribution in [0.4, 0.5) is 0 Å². The minimum absolute atomic E-state index is 0.106. The molecule has 0 amide bonds. The number of pyridine rings is 1. The topological polar surface area (TPSA) is 105 Å². The van der Waals surface area contributed by atoms with E-state index < -0.39 is 12.1 Å². The van der Waals surface area contributed by atoms with E-state index in [4.69, 9.17) is 18.9 Å². The number of carbonyl (C=O) groups excluding carboxylic acids is 1. The molecule has 172 valence electrons. The predicted octanol–water partition coefficient (Wildman–Crippen LogP) is 5.11. The lowest BCUT2D eigenvalue weighted by atomic mass is 10.1. The van der Waals surface area contributed by atoms with Gasteiger partial charge in [-0.15, -0.1) is 10.2 Å². The van der Waals surface area contributed by atoms with Crippen molar-refractivity contribution in [1.82, 2.24) is 25.0 Å². The molecule has 0 bridgehead atoms. The van der Waals surface area contributed by atoms with E-state index in [0.29, 0.717) is 22.5 Å². The Balaban J connectivity index is 1.60. The van der Waals surface area contributed by atoms with E-state index in [2.05, 4.69) is 15.3 Å². The van der Waals surface area contributed by atoms with Crippen molar-refractivity contribution in [3.8, 4) is 17.2 Å². The fourth-order valence-corrected chi connectivity index (χ4v) is 3.40. The average Bonchev–Trinajstić information content (AvgIpc) is 3.46. The third-order valence-corrected chi connectivity index (χ3v) is 5.30. The van der Waals surface area contributed by atoms with Gasteiger partial charge in [-0.3, -0.25) is 0 Å². The Morgan fingerprint density at radius 1 is 1.06 bits per heavy atom. The van der Waals surface area contributed by atoms with Crippen LogP contribution >= 0.6 is 0 Å². The summed E-state index contributed by atoms with van der Waals surface area (Å²) in [5, 5.41) is 13.2. The summed E-state index contributed by atoms with van der Waals surface area (Å²) in [4.78, 5) is 17.9. The van der Waals surface area contributed by atoms with Gasteiger partial charge in [0.05, 0.1) is 24.3 Å². The van der Waals surface area contributed by atoms with E-state index in [1.165, 1.54) is 0 Å². The van der Waals surface area contributed by atoms with Crippen LogP contribution in [0, 0.1) is 0 Å². The molecule has 0 aliphatic rings. The van der Waals surface area contributed by atoms with Crippen LogP contribution in [0.25, 0.3) is 22.5 Å². The quantitative estimate of drug-likeness (QED) is 0.358. The fraction of sp³-hybridized carbons (Fsp3) is 0.375. The molecular weight excluding hydrogens is 422 g/mol. The molecule has 4 aromatic rings. The number of rotatable bonds is 7. The fourth-order valence-electron chi connectivity index (χ4n) is 3.40. The summed E-state index contributed by atoms with van der Waals surface area (Å²) in [6, 6.07) is 9.13. The van der Waals surface area contributed by atoms with Crippen molar-refractivity contribution in [3.05, 3.63) is 53.7 Å². The van der Waals surface area contributed by atoms with E-state index >= 15 is 0 Å². The first kappa shape index (κ1) is 22.4. The first-order valence-corrected chi connectivity index (χ1v) is 10.9. The largest absolute Gasteiger partial charge is 0.497 e. The van der Waals surface area contributed by atoms with Crippen LogP contribution in [0.3, 0.4) is 0 Å². The number of aromatic nitrogens is 5. The molecule has 1 unspecified atom stereocenters. The maximum absolute atomic E-state index is 13.2. The first-order chi connectivity index (χ1) is 15.8. The molecule has 0 N–H and O–H groups in total. The molecule has 0 fully saturated rings. The Morgan fingerprint density at radius 2 is 1.79 bits per heavy atom. The molecule has 4 rings (SSSR count). The number of hydrogen-bond acceptors (Lipinski definition) is 8. The van der Waals surface area contributed by atoms with Crippen molar-refractivity contribution in [3.63, 3.8) is 0 Å². The molecule has 9 nitrogen and oxygen atoms in total. The predicted molar refractivity (Wildman–Crippen MR) is 122 cm³/mol. The Labute approximate surface area is 191 Å². The van der Waals surface area contributed by atoms with Crippen LogP contribution < -0.4 is 4.74 Å². The maximum Gasteiger partial charge on any atom is 0.339 e. The van der Waals surface area contributed by atoms with Gasteiger partial charge < -0.3 is 13.9 Å². The zero-order chi connectivity index (χ0) is 23.7. The van der Waals surface area contributed by atoms with E-state index in [9.17, 15) is 4.79 Å². The standard InChI is InChI=1S/C24H27N5O4/c1-13(2)20-11-18(19-12-25-29(14(3)4)21(19)26-20)24(30)32-15(5)22-27-28-23(33-22)16-7-9-17(31-6)10-8-16/h7-15H,1-6H3. The van der Waals surface area contributed by atoms with Gasteiger partial charge in [0.2, 0.25) is 5.89 Å². The Hall–Kier alpha value is -3.75. The van der Waals surface area contributed by atoms with Crippen LogP contribution in [0.5, 0.6) is 5.75 Å². The Kier molecular flexibility index (Phi) is 6.13. The lowest BCUT2D eigenvalue weighted by molar-refractivity contribution is 0.0282. The second-order valence-electron chi connectivity index (χ2n) is 8.39. The second-order valence-corrected chi connectivity index (χ2v) is 8.39. The van der Waals surface area contributed by atoms with Crippen molar-refractivity contribution in [2.75, 3.05) is 7.11 Å². The van der Waals surface area contributed by atoms with Crippen LogP contribution in [-0.4, -0.2) is 38.0 Å². The van der Waals surface area contributed by atoms with Gasteiger partial charge in [0.1, 0.15) is 5.75 Å². The summed E-state index contributed by atoms with van der Waals surface area (Å²) in [6.07, 6.45) is 0.921. The molecule has 3 aromatic heterocycles. The van der Waals surface area contributed by atoms with E-state index in [1.807, 2.05) is 39.8 Å². The monoisotopic (exact) mass is 449 g/mol. The van der Waals surface area contributed by atoms with Crippen molar-refractivity contribution >= 4 is 17.0 Å². The second kappa shape index (κ2) is 9.01. The number of fused-ring (bicyclic) bond motifs is 1. The van der Waals surface area contributed by atoms with Crippen LogP contribution in [0.2, 0.25) is 0 Å². The van der Waals surface area contributed by atoms with E-state index in [-0.39, 0.29) is 17.9 Å². The summed E-state index contributed by atoms with van der Waals surface area (Å²) in [5.41, 5.74) is 2.61. The van der Waals surface area contributed by atoms with Gasteiger partial charge in [-0.05, 0) is 57.0 Å². The molecule has 0 saturated carbocycles. The number of carbonyl (C=O) groups is 1. The van der Waals surface area contributed by atoms with E-state index in [0.717, 1.165) is 17.0 Å². The first-order valence-electron chi connectivity index (χ1n) is 10.9. The molecule has 33 heavy (non-hydrogen) atoms.